The first-order valence-corrected chi connectivity index (χ1v) is 6.40. The van der Waals surface area contributed by atoms with E-state index in [4.69, 9.17) is 5.11 Å². The standard InChI is InChI=1S/C12H22N2O3/c1-3-5-8-14(9-6-7-9)12(17)13-10(4-2)11(15)16/h9-10H,3-8H2,1-2H3,(H,13,17)(H,15,16)/t10-/m0/s1. The predicted molar refractivity (Wildman–Crippen MR) is 64.9 cm³/mol. The van der Waals surface area contributed by atoms with Crippen LogP contribution in [0.2, 0.25) is 0 Å². The molecule has 5 heteroatoms. The first-order valence-electron chi connectivity index (χ1n) is 6.40. The van der Waals surface area contributed by atoms with Gasteiger partial charge in [0.2, 0.25) is 0 Å². The molecule has 1 aliphatic rings. The highest BCUT2D eigenvalue weighted by atomic mass is 16.4. The average Bonchev–Trinajstić information content (AvgIpc) is 3.10. The molecule has 0 aromatic carbocycles. The van der Waals surface area contributed by atoms with E-state index in [0.717, 1.165) is 32.2 Å². The second-order valence-corrected chi connectivity index (χ2v) is 4.53. The van der Waals surface area contributed by atoms with Crippen molar-refractivity contribution in [3.05, 3.63) is 0 Å². The van der Waals surface area contributed by atoms with Crippen LogP contribution in [0, 0.1) is 0 Å². The number of carbonyl (C=O) groups excluding carboxylic acids is 1. The van der Waals surface area contributed by atoms with Crippen molar-refractivity contribution in [1.82, 2.24) is 10.2 Å². The van der Waals surface area contributed by atoms with E-state index in [0.29, 0.717) is 12.5 Å². The molecule has 1 saturated carbocycles. The summed E-state index contributed by atoms with van der Waals surface area (Å²) in [5, 5.41) is 11.5. The lowest BCUT2D eigenvalue weighted by molar-refractivity contribution is -0.139. The van der Waals surface area contributed by atoms with Crippen LogP contribution >= 0.6 is 0 Å². The van der Waals surface area contributed by atoms with Gasteiger partial charge < -0.3 is 15.3 Å². The highest BCUT2D eigenvalue weighted by Gasteiger charge is 2.33. The Hall–Kier alpha value is -1.26. The maximum absolute atomic E-state index is 12.0. The van der Waals surface area contributed by atoms with Crippen LogP contribution in [0.25, 0.3) is 0 Å². The summed E-state index contributed by atoms with van der Waals surface area (Å²) in [7, 11) is 0. The van der Waals surface area contributed by atoms with Gasteiger partial charge in [-0.05, 0) is 25.7 Å². The van der Waals surface area contributed by atoms with Gasteiger partial charge in [0.15, 0.2) is 0 Å². The smallest absolute Gasteiger partial charge is 0.326 e. The summed E-state index contributed by atoms with van der Waals surface area (Å²) in [6.07, 6.45) is 4.50. The van der Waals surface area contributed by atoms with E-state index in [1.54, 1.807) is 11.8 Å². The molecular formula is C12H22N2O3. The third-order valence-corrected chi connectivity index (χ3v) is 3.01. The molecule has 0 unspecified atom stereocenters. The molecule has 0 bridgehead atoms. The number of hydrogen-bond acceptors (Lipinski definition) is 2. The Morgan fingerprint density at radius 1 is 1.41 bits per heavy atom. The molecule has 1 rings (SSSR count). The van der Waals surface area contributed by atoms with E-state index in [1.807, 2.05) is 0 Å². The molecular weight excluding hydrogens is 220 g/mol. The fourth-order valence-electron chi connectivity index (χ4n) is 1.73. The lowest BCUT2D eigenvalue weighted by atomic mass is 10.2. The van der Waals surface area contributed by atoms with Crippen LogP contribution in [0.5, 0.6) is 0 Å². The van der Waals surface area contributed by atoms with E-state index in [-0.39, 0.29) is 6.03 Å². The first-order chi connectivity index (χ1) is 8.10. The number of carboxylic acid groups (broad SMARTS) is 1. The minimum atomic E-state index is -0.966. The molecule has 17 heavy (non-hydrogen) atoms. The molecule has 0 spiro atoms. The number of aliphatic carboxylic acids is 1. The quantitative estimate of drug-likeness (QED) is 0.715. The summed E-state index contributed by atoms with van der Waals surface area (Å²) < 4.78 is 0. The number of carbonyl (C=O) groups is 2. The Balaban J connectivity index is 2.49. The van der Waals surface area contributed by atoms with Crippen LogP contribution in [0.15, 0.2) is 0 Å². The van der Waals surface area contributed by atoms with Gasteiger partial charge in [0.25, 0.3) is 0 Å². The van der Waals surface area contributed by atoms with E-state index < -0.39 is 12.0 Å². The van der Waals surface area contributed by atoms with Crippen molar-refractivity contribution < 1.29 is 14.7 Å². The molecule has 5 nitrogen and oxygen atoms in total. The molecule has 0 aliphatic heterocycles. The Labute approximate surface area is 102 Å². The number of rotatable bonds is 7. The van der Waals surface area contributed by atoms with Gasteiger partial charge in [-0.25, -0.2) is 9.59 Å². The van der Waals surface area contributed by atoms with Crippen LogP contribution in [-0.4, -0.2) is 40.6 Å². The molecule has 1 atom stereocenters. The molecule has 1 aliphatic carbocycles. The van der Waals surface area contributed by atoms with Crippen LogP contribution in [0.3, 0.4) is 0 Å². The number of nitrogens with zero attached hydrogens (tertiary/aromatic N) is 1. The average molecular weight is 242 g/mol. The Morgan fingerprint density at radius 2 is 2.06 bits per heavy atom. The topological polar surface area (TPSA) is 69.6 Å². The third-order valence-electron chi connectivity index (χ3n) is 3.01. The number of unbranched alkanes of at least 4 members (excludes halogenated alkanes) is 1. The summed E-state index contributed by atoms with van der Waals surface area (Å²) in [5.74, 6) is -0.966. The normalized spacial score (nSPS) is 16.4. The maximum atomic E-state index is 12.0. The summed E-state index contributed by atoms with van der Waals surface area (Å²) in [5.41, 5.74) is 0. The van der Waals surface area contributed by atoms with Crippen molar-refractivity contribution in [2.75, 3.05) is 6.54 Å². The Morgan fingerprint density at radius 3 is 2.47 bits per heavy atom. The fraction of sp³-hybridized carbons (Fsp3) is 0.833. The lowest BCUT2D eigenvalue weighted by Gasteiger charge is -2.24. The summed E-state index contributed by atoms with van der Waals surface area (Å²) in [6.45, 7) is 4.56. The first kappa shape index (κ1) is 13.8. The molecule has 2 N–H and O–H groups in total. The number of amides is 2. The summed E-state index contributed by atoms with van der Waals surface area (Å²) in [4.78, 5) is 24.6. The van der Waals surface area contributed by atoms with E-state index in [9.17, 15) is 9.59 Å². The highest BCUT2D eigenvalue weighted by Crippen LogP contribution is 2.27. The highest BCUT2D eigenvalue weighted by molar-refractivity contribution is 5.82. The van der Waals surface area contributed by atoms with Crippen LogP contribution < -0.4 is 5.32 Å². The predicted octanol–water partition coefficient (Wildman–Crippen LogP) is 1.82. The van der Waals surface area contributed by atoms with Crippen LogP contribution in [-0.2, 0) is 4.79 Å². The minimum absolute atomic E-state index is 0.227. The zero-order valence-corrected chi connectivity index (χ0v) is 10.6. The summed E-state index contributed by atoms with van der Waals surface area (Å²) >= 11 is 0. The largest absolute Gasteiger partial charge is 0.480 e. The van der Waals surface area contributed by atoms with Crippen molar-refractivity contribution in [1.29, 1.82) is 0 Å². The summed E-state index contributed by atoms with van der Waals surface area (Å²) in [6, 6.07) is -0.673. The van der Waals surface area contributed by atoms with Gasteiger partial charge in [-0.3, -0.25) is 0 Å². The van der Waals surface area contributed by atoms with Crippen LogP contribution in [0.4, 0.5) is 4.79 Å². The monoisotopic (exact) mass is 242 g/mol. The van der Waals surface area contributed by atoms with Crippen molar-refractivity contribution in [3.63, 3.8) is 0 Å². The Kier molecular flexibility index (Phi) is 5.25. The Bertz CT molecular complexity index is 277. The number of hydrogen-bond donors (Lipinski definition) is 2. The fourth-order valence-corrected chi connectivity index (χ4v) is 1.73. The molecule has 0 saturated heterocycles. The maximum Gasteiger partial charge on any atom is 0.326 e. The van der Waals surface area contributed by atoms with Gasteiger partial charge in [0, 0.05) is 12.6 Å². The molecule has 0 aromatic rings. The molecule has 0 heterocycles. The van der Waals surface area contributed by atoms with E-state index >= 15 is 0 Å². The molecule has 2 amide bonds. The molecule has 0 radical (unpaired) electrons. The molecule has 0 aromatic heterocycles. The minimum Gasteiger partial charge on any atom is -0.480 e. The van der Waals surface area contributed by atoms with Gasteiger partial charge >= 0.3 is 12.0 Å². The van der Waals surface area contributed by atoms with Crippen LogP contribution in [0.1, 0.15) is 46.0 Å². The zero-order chi connectivity index (χ0) is 12.8. The van der Waals surface area contributed by atoms with Gasteiger partial charge in [-0.15, -0.1) is 0 Å². The van der Waals surface area contributed by atoms with Crippen molar-refractivity contribution in [2.24, 2.45) is 0 Å². The lowest BCUT2D eigenvalue weighted by Crippen LogP contribution is -2.48. The SMILES string of the molecule is CCCCN(C(=O)N[C@@H](CC)C(=O)O)C1CC1. The molecule has 1 fully saturated rings. The van der Waals surface area contributed by atoms with E-state index in [2.05, 4.69) is 12.2 Å². The van der Waals surface area contributed by atoms with Crippen molar-refractivity contribution in [2.45, 2.75) is 58.0 Å². The zero-order valence-electron chi connectivity index (χ0n) is 10.6. The number of carboxylic acids is 1. The second-order valence-electron chi connectivity index (χ2n) is 4.53. The number of nitrogens with one attached hydrogen (secondary N) is 1. The van der Waals surface area contributed by atoms with Gasteiger partial charge in [-0.1, -0.05) is 20.3 Å². The van der Waals surface area contributed by atoms with Gasteiger partial charge in [0.1, 0.15) is 6.04 Å². The van der Waals surface area contributed by atoms with Gasteiger partial charge in [0.05, 0.1) is 0 Å². The van der Waals surface area contributed by atoms with Crippen molar-refractivity contribution >= 4 is 12.0 Å². The van der Waals surface area contributed by atoms with E-state index in [1.165, 1.54) is 0 Å². The molecule has 98 valence electrons. The van der Waals surface area contributed by atoms with Crippen molar-refractivity contribution in [3.8, 4) is 0 Å². The third kappa shape index (κ3) is 4.24. The second kappa shape index (κ2) is 6.47. The number of urea groups is 1. The van der Waals surface area contributed by atoms with Gasteiger partial charge in [-0.2, -0.15) is 0 Å².